The van der Waals surface area contributed by atoms with Gasteiger partial charge in [-0.1, -0.05) is 17.7 Å². The number of hydrogen-bond donors (Lipinski definition) is 1. The molecule has 0 bridgehead atoms. The number of furan rings is 1. The molecule has 0 spiro atoms. The van der Waals surface area contributed by atoms with Gasteiger partial charge in [0.25, 0.3) is 0 Å². The van der Waals surface area contributed by atoms with Gasteiger partial charge in [0, 0.05) is 18.7 Å². The number of benzene rings is 1. The van der Waals surface area contributed by atoms with Crippen LogP contribution in [0.4, 0.5) is 0 Å². The van der Waals surface area contributed by atoms with E-state index < -0.39 is 0 Å². The predicted octanol–water partition coefficient (Wildman–Crippen LogP) is 3.24. The molecular weight excluding hydrogens is 266 g/mol. The Balaban J connectivity index is 2.04. The lowest BCUT2D eigenvalue weighted by Gasteiger charge is -2.13. The van der Waals surface area contributed by atoms with Gasteiger partial charge in [-0.15, -0.1) is 0 Å². The minimum Gasteiger partial charge on any atom is -0.493 e. The lowest BCUT2D eigenvalue weighted by molar-refractivity contribution is 0.354. The second-order valence-electron chi connectivity index (χ2n) is 4.01. The van der Waals surface area contributed by atoms with E-state index in [1.54, 1.807) is 26.7 Å². The number of nitrogens with one attached hydrogen (secondary N) is 1. The van der Waals surface area contributed by atoms with Crippen LogP contribution in [0.1, 0.15) is 11.1 Å². The maximum Gasteiger partial charge on any atom is 0.179 e. The summed E-state index contributed by atoms with van der Waals surface area (Å²) in [4.78, 5) is 0. The van der Waals surface area contributed by atoms with E-state index in [2.05, 4.69) is 5.32 Å². The van der Waals surface area contributed by atoms with Crippen molar-refractivity contribution in [1.82, 2.24) is 5.32 Å². The monoisotopic (exact) mass is 281 g/mol. The van der Waals surface area contributed by atoms with Crippen LogP contribution in [0.3, 0.4) is 0 Å². The highest BCUT2D eigenvalue weighted by Crippen LogP contribution is 2.37. The van der Waals surface area contributed by atoms with Crippen molar-refractivity contribution in [2.24, 2.45) is 0 Å². The quantitative estimate of drug-likeness (QED) is 0.883. The molecule has 0 unspecified atom stereocenters. The zero-order chi connectivity index (χ0) is 13.7. The molecule has 1 aromatic heterocycles. The molecule has 4 nitrogen and oxygen atoms in total. The maximum absolute atomic E-state index is 6.29. The third-order valence-electron chi connectivity index (χ3n) is 2.79. The number of ether oxygens (including phenoxy) is 2. The Morgan fingerprint density at radius 3 is 2.63 bits per heavy atom. The van der Waals surface area contributed by atoms with Crippen LogP contribution < -0.4 is 14.8 Å². The van der Waals surface area contributed by atoms with E-state index in [0.29, 0.717) is 23.1 Å². The summed E-state index contributed by atoms with van der Waals surface area (Å²) in [6, 6.07) is 5.69. The third-order valence-corrected chi connectivity index (χ3v) is 3.20. The molecule has 0 aliphatic carbocycles. The van der Waals surface area contributed by atoms with Gasteiger partial charge in [0.15, 0.2) is 11.5 Å². The molecule has 0 saturated heterocycles. The van der Waals surface area contributed by atoms with E-state index in [-0.39, 0.29) is 0 Å². The first kappa shape index (κ1) is 13.8. The van der Waals surface area contributed by atoms with E-state index in [9.17, 15) is 0 Å². The Kier molecular flexibility index (Phi) is 4.71. The summed E-state index contributed by atoms with van der Waals surface area (Å²) in [5, 5.41) is 3.86. The van der Waals surface area contributed by atoms with Crippen LogP contribution in [0.5, 0.6) is 11.5 Å². The normalized spacial score (nSPS) is 10.5. The summed E-state index contributed by atoms with van der Waals surface area (Å²) in [7, 11) is 3.16. The Morgan fingerprint density at radius 2 is 2.00 bits per heavy atom. The van der Waals surface area contributed by atoms with Crippen molar-refractivity contribution >= 4 is 11.6 Å². The largest absolute Gasteiger partial charge is 0.493 e. The van der Waals surface area contributed by atoms with Gasteiger partial charge in [-0.25, -0.2) is 0 Å². The summed E-state index contributed by atoms with van der Waals surface area (Å²) in [6.45, 7) is 1.37. The molecule has 102 valence electrons. The van der Waals surface area contributed by atoms with E-state index >= 15 is 0 Å². The van der Waals surface area contributed by atoms with Crippen molar-refractivity contribution in [2.45, 2.75) is 13.1 Å². The molecule has 0 amide bonds. The van der Waals surface area contributed by atoms with Gasteiger partial charge in [-0.3, -0.25) is 0 Å². The SMILES string of the molecule is COc1ccc(CNCc2ccoc2)c(Cl)c1OC. The van der Waals surface area contributed by atoms with Crippen molar-refractivity contribution in [3.63, 3.8) is 0 Å². The van der Waals surface area contributed by atoms with Crippen LogP contribution in [0.25, 0.3) is 0 Å². The number of halogens is 1. The zero-order valence-corrected chi connectivity index (χ0v) is 11.7. The highest BCUT2D eigenvalue weighted by molar-refractivity contribution is 6.33. The summed E-state index contributed by atoms with van der Waals surface area (Å²) >= 11 is 6.29. The van der Waals surface area contributed by atoms with E-state index in [4.69, 9.17) is 25.5 Å². The number of methoxy groups -OCH3 is 2. The van der Waals surface area contributed by atoms with Crippen LogP contribution in [0.15, 0.2) is 35.1 Å². The molecule has 19 heavy (non-hydrogen) atoms. The topological polar surface area (TPSA) is 43.6 Å². The minimum atomic E-state index is 0.562. The van der Waals surface area contributed by atoms with Gasteiger partial charge >= 0.3 is 0 Å². The van der Waals surface area contributed by atoms with Gasteiger partial charge in [0.2, 0.25) is 0 Å². The van der Waals surface area contributed by atoms with Crippen LogP contribution in [-0.2, 0) is 13.1 Å². The average Bonchev–Trinajstić information content (AvgIpc) is 2.93. The molecule has 2 aromatic rings. The first-order valence-electron chi connectivity index (χ1n) is 5.87. The van der Waals surface area contributed by atoms with Crippen LogP contribution in [-0.4, -0.2) is 14.2 Å². The second kappa shape index (κ2) is 6.50. The van der Waals surface area contributed by atoms with Gasteiger partial charge < -0.3 is 19.2 Å². The van der Waals surface area contributed by atoms with E-state index in [1.165, 1.54) is 0 Å². The lowest BCUT2D eigenvalue weighted by Crippen LogP contribution is -2.12. The molecule has 0 aliphatic rings. The summed E-state index contributed by atoms with van der Waals surface area (Å²) in [5.41, 5.74) is 2.06. The minimum absolute atomic E-state index is 0.562. The molecule has 0 aliphatic heterocycles. The highest BCUT2D eigenvalue weighted by Gasteiger charge is 2.12. The molecule has 5 heteroatoms. The van der Waals surface area contributed by atoms with Crippen LogP contribution >= 0.6 is 11.6 Å². The molecular formula is C14H16ClNO3. The molecule has 2 rings (SSSR count). The molecule has 0 atom stereocenters. The molecule has 0 radical (unpaired) electrons. The third kappa shape index (κ3) is 3.22. The Morgan fingerprint density at radius 1 is 1.16 bits per heavy atom. The van der Waals surface area contributed by atoms with E-state index in [1.807, 2.05) is 18.2 Å². The average molecular weight is 282 g/mol. The van der Waals surface area contributed by atoms with Crippen molar-refractivity contribution < 1.29 is 13.9 Å². The smallest absolute Gasteiger partial charge is 0.179 e. The Bertz CT molecular complexity index is 526. The summed E-state index contributed by atoms with van der Waals surface area (Å²) in [6.07, 6.45) is 3.36. The number of rotatable bonds is 6. The van der Waals surface area contributed by atoms with Gasteiger partial charge in [0.1, 0.15) is 0 Å². The highest BCUT2D eigenvalue weighted by atomic mass is 35.5. The lowest BCUT2D eigenvalue weighted by atomic mass is 10.2. The van der Waals surface area contributed by atoms with Crippen LogP contribution in [0, 0.1) is 0 Å². The van der Waals surface area contributed by atoms with Crippen LogP contribution in [0.2, 0.25) is 5.02 Å². The fourth-order valence-corrected chi connectivity index (χ4v) is 2.10. The van der Waals surface area contributed by atoms with Gasteiger partial charge in [0.05, 0.1) is 31.8 Å². The maximum atomic E-state index is 6.29. The Labute approximate surface area is 117 Å². The van der Waals surface area contributed by atoms with Gasteiger partial charge in [-0.05, 0) is 17.7 Å². The second-order valence-corrected chi connectivity index (χ2v) is 4.39. The summed E-state index contributed by atoms with van der Waals surface area (Å²) < 4.78 is 15.5. The standard InChI is InChI=1S/C14H16ClNO3/c1-17-12-4-3-11(13(15)14(12)18-2)8-16-7-10-5-6-19-9-10/h3-6,9,16H,7-8H2,1-2H3. The number of hydrogen-bond acceptors (Lipinski definition) is 4. The van der Waals surface area contributed by atoms with Crippen molar-refractivity contribution in [2.75, 3.05) is 14.2 Å². The summed E-state index contributed by atoms with van der Waals surface area (Å²) in [5.74, 6) is 1.19. The first-order chi connectivity index (χ1) is 9.26. The zero-order valence-electron chi connectivity index (χ0n) is 10.9. The molecule has 1 N–H and O–H groups in total. The van der Waals surface area contributed by atoms with E-state index in [0.717, 1.165) is 17.7 Å². The molecule has 0 fully saturated rings. The van der Waals surface area contributed by atoms with Crippen molar-refractivity contribution in [3.05, 3.63) is 46.9 Å². The fourth-order valence-electron chi connectivity index (χ4n) is 1.80. The van der Waals surface area contributed by atoms with Crippen molar-refractivity contribution in [3.8, 4) is 11.5 Å². The molecule has 1 heterocycles. The molecule has 1 aromatic carbocycles. The molecule has 0 saturated carbocycles. The predicted molar refractivity (Wildman–Crippen MR) is 73.8 cm³/mol. The first-order valence-corrected chi connectivity index (χ1v) is 6.25. The van der Waals surface area contributed by atoms with Gasteiger partial charge in [-0.2, -0.15) is 0 Å². The van der Waals surface area contributed by atoms with Crippen molar-refractivity contribution in [1.29, 1.82) is 0 Å². The Hall–Kier alpha value is -1.65. The fraction of sp³-hybridized carbons (Fsp3) is 0.286.